The first-order valence-corrected chi connectivity index (χ1v) is 17.0. The Balaban J connectivity index is 1.14. The highest BCUT2D eigenvalue weighted by Crippen LogP contribution is 2.47. The summed E-state index contributed by atoms with van der Waals surface area (Å²) in [7, 11) is 0. The van der Waals surface area contributed by atoms with Crippen LogP contribution in [0, 0.1) is 23.5 Å². The van der Waals surface area contributed by atoms with E-state index in [9.17, 15) is 49.3 Å². The van der Waals surface area contributed by atoms with Gasteiger partial charge in [0.05, 0.1) is 30.3 Å². The minimum absolute atomic E-state index is 0.0403. The van der Waals surface area contributed by atoms with E-state index in [1.165, 1.54) is 55.5 Å². The van der Waals surface area contributed by atoms with Gasteiger partial charge in [-0.3, -0.25) is 4.79 Å². The van der Waals surface area contributed by atoms with Crippen LogP contribution in [0.5, 0.6) is 5.75 Å². The Bertz CT molecular complexity index is 1610. The van der Waals surface area contributed by atoms with E-state index < -0.39 is 97.3 Å². The number of rotatable bonds is 11. The van der Waals surface area contributed by atoms with E-state index in [2.05, 4.69) is 0 Å². The summed E-state index contributed by atoms with van der Waals surface area (Å²) in [6, 6.07) is 17.4. The Labute approximate surface area is 293 Å². The van der Waals surface area contributed by atoms with Crippen molar-refractivity contribution >= 4 is 11.6 Å². The number of aliphatic hydroxyl groups is 7. The van der Waals surface area contributed by atoms with Crippen molar-refractivity contribution in [3.63, 3.8) is 0 Å². The molecule has 2 aliphatic heterocycles. The van der Waals surface area contributed by atoms with Crippen molar-refractivity contribution in [2.24, 2.45) is 11.8 Å². The number of benzene rings is 3. The van der Waals surface area contributed by atoms with Gasteiger partial charge in [0.2, 0.25) is 5.91 Å². The van der Waals surface area contributed by atoms with Crippen molar-refractivity contribution in [3.05, 3.63) is 95.6 Å². The second-order valence-corrected chi connectivity index (χ2v) is 13.5. The van der Waals surface area contributed by atoms with Gasteiger partial charge >= 0.3 is 0 Å². The van der Waals surface area contributed by atoms with Crippen molar-refractivity contribution in [1.82, 2.24) is 0 Å². The summed E-state index contributed by atoms with van der Waals surface area (Å²) in [6.07, 6.45) is -12.5. The number of hydrogen-bond donors (Lipinski definition) is 7. The second kappa shape index (κ2) is 15.6. The maximum absolute atomic E-state index is 13.7. The lowest BCUT2D eigenvalue weighted by molar-refractivity contribution is -0.324. The molecule has 3 aromatic rings. The van der Waals surface area contributed by atoms with Gasteiger partial charge in [-0.1, -0.05) is 24.3 Å². The molecule has 1 saturated carbocycles. The van der Waals surface area contributed by atoms with Crippen LogP contribution >= 0.6 is 0 Å². The third-order valence-electron chi connectivity index (χ3n) is 10.2. The first-order valence-electron chi connectivity index (χ1n) is 17.0. The second-order valence-electron chi connectivity index (χ2n) is 13.5. The zero-order valence-electron chi connectivity index (χ0n) is 27.7. The van der Waals surface area contributed by atoms with Gasteiger partial charge in [0.15, 0.2) is 6.29 Å². The number of β-lactam (4-membered cyclic amide) rings is 1. The minimum Gasteiger partial charge on any atom is -0.488 e. The predicted molar refractivity (Wildman–Crippen MR) is 176 cm³/mol. The predicted octanol–water partition coefficient (Wildman–Crippen LogP) is 1.88. The molecule has 0 spiro atoms. The smallest absolute Gasteiger partial charge is 0.233 e. The molecule has 1 aliphatic carbocycles. The van der Waals surface area contributed by atoms with Crippen molar-refractivity contribution in [2.45, 2.75) is 93.5 Å². The Morgan fingerprint density at radius 1 is 0.843 bits per heavy atom. The molecule has 3 fully saturated rings. The van der Waals surface area contributed by atoms with Gasteiger partial charge in [-0.25, -0.2) is 8.78 Å². The summed E-state index contributed by atoms with van der Waals surface area (Å²) >= 11 is 0. The Morgan fingerprint density at radius 2 is 1.47 bits per heavy atom. The zero-order valence-corrected chi connectivity index (χ0v) is 27.7. The topological polar surface area (TPSA) is 190 Å². The van der Waals surface area contributed by atoms with E-state index in [4.69, 9.17) is 14.2 Å². The number of carbonyl (C=O) groups excluding carboxylic acids is 1. The van der Waals surface area contributed by atoms with Gasteiger partial charge in [0.1, 0.15) is 54.0 Å². The molecule has 7 N–H and O–H groups in total. The minimum atomic E-state index is -1.64. The van der Waals surface area contributed by atoms with E-state index in [-0.39, 0.29) is 18.7 Å². The Hall–Kier alpha value is -3.57. The molecule has 3 aliphatic rings. The number of carbonyl (C=O) groups is 1. The first kappa shape index (κ1) is 37.2. The summed E-state index contributed by atoms with van der Waals surface area (Å²) in [5.74, 6) is -2.03. The van der Waals surface area contributed by atoms with Crippen LogP contribution in [0.3, 0.4) is 0 Å². The van der Waals surface area contributed by atoms with E-state index in [1.54, 1.807) is 29.2 Å². The van der Waals surface area contributed by atoms with Gasteiger partial charge in [-0.2, -0.15) is 0 Å². The molecule has 1 amide bonds. The largest absolute Gasteiger partial charge is 0.488 e. The van der Waals surface area contributed by atoms with Gasteiger partial charge in [-0.05, 0) is 85.8 Å². The number of aliphatic hydroxyl groups excluding tert-OH is 7. The summed E-state index contributed by atoms with van der Waals surface area (Å²) in [6.45, 7) is 1.01. The average Bonchev–Trinajstić information content (AvgIpc) is 3.13. The van der Waals surface area contributed by atoms with Crippen LogP contribution in [-0.4, -0.2) is 103 Å². The lowest BCUT2D eigenvalue weighted by Crippen LogP contribution is -2.62. The molecular weight excluding hydrogens is 672 g/mol. The number of hydrogen-bond acceptors (Lipinski definition) is 11. The van der Waals surface area contributed by atoms with Crippen LogP contribution in [-0.2, 0) is 14.3 Å². The molecule has 3 aromatic carbocycles. The maximum Gasteiger partial charge on any atom is 0.233 e. The maximum atomic E-state index is 13.7. The Morgan fingerprint density at radius 3 is 2.10 bits per heavy atom. The lowest BCUT2D eigenvalue weighted by Gasteiger charge is -2.48. The van der Waals surface area contributed by atoms with Crippen LogP contribution in [0.4, 0.5) is 14.5 Å². The fourth-order valence-electron chi connectivity index (χ4n) is 7.24. The van der Waals surface area contributed by atoms with E-state index in [0.717, 1.165) is 5.56 Å². The fourth-order valence-corrected chi connectivity index (χ4v) is 7.24. The highest BCUT2D eigenvalue weighted by atomic mass is 19.1. The molecule has 14 heteroatoms. The molecule has 0 unspecified atom stereocenters. The lowest BCUT2D eigenvalue weighted by atomic mass is 9.78. The van der Waals surface area contributed by atoms with E-state index >= 15 is 0 Å². The summed E-state index contributed by atoms with van der Waals surface area (Å²) in [5, 5.41) is 73.4. The molecule has 2 heterocycles. The summed E-state index contributed by atoms with van der Waals surface area (Å²) in [4.78, 5) is 15.0. The molecule has 6 rings (SSSR count). The molecule has 0 aromatic heterocycles. The zero-order chi connectivity index (χ0) is 36.6. The van der Waals surface area contributed by atoms with Crippen LogP contribution < -0.4 is 9.64 Å². The van der Waals surface area contributed by atoms with E-state index in [1.807, 2.05) is 0 Å². The number of ether oxygens (including phenoxy) is 3. The monoisotopic (exact) mass is 715 g/mol. The van der Waals surface area contributed by atoms with Crippen LogP contribution in [0.25, 0.3) is 0 Å². The van der Waals surface area contributed by atoms with Gasteiger partial charge < -0.3 is 54.9 Å². The molecule has 12 nitrogen and oxygen atoms in total. The summed E-state index contributed by atoms with van der Waals surface area (Å²) < 4.78 is 44.4. The molecular formula is C37H43F2NO11. The number of halogens is 2. The van der Waals surface area contributed by atoms with Crippen molar-refractivity contribution in [2.75, 3.05) is 11.5 Å². The highest BCUT2D eigenvalue weighted by Gasteiger charge is 2.51. The number of anilines is 1. The molecule has 0 radical (unpaired) electrons. The van der Waals surface area contributed by atoms with E-state index in [0.29, 0.717) is 23.4 Å². The fraction of sp³-hybridized carbons (Fsp3) is 0.486. The highest BCUT2D eigenvalue weighted by molar-refractivity contribution is 6.03. The van der Waals surface area contributed by atoms with Crippen LogP contribution in [0.15, 0.2) is 72.8 Å². The molecule has 276 valence electrons. The SMILES string of the molecule is C[C@H]1O[C@@H](O[C@@H]2[C@@H](CO)C[C@@H](Oc3ccc([C@@H]4[C@@H](CC[C@H](O)c5ccc(F)cc5)C(=O)N4c4ccc(F)cc4)cc3)[C@H](O)[C@H]2O)[C@H](O)[C@@H](O)[C@@H]1O. The van der Waals surface area contributed by atoms with Gasteiger partial charge in [0, 0.05) is 18.2 Å². The molecule has 0 bridgehead atoms. The molecule has 51 heavy (non-hydrogen) atoms. The van der Waals surface area contributed by atoms with Crippen molar-refractivity contribution in [1.29, 1.82) is 0 Å². The van der Waals surface area contributed by atoms with Gasteiger partial charge in [0.25, 0.3) is 0 Å². The third kappa shape index (κ3) is 7.65. The average molecular weight is 716 g/mol. The first-order chi connectivity index (χ1) is 24.4. The number of amides is 1. The van der Waals surface area contributed by atoms with Crippen molar-refractivity contribution in [3.8, 4) is 5.75 Å². The van der Waals surface area contributed by atoms with Crippen LogP contribution in [0.2, 0.25) is 0 Å². The standard InChI is InChI=1S/C37H43F2NO11/c1-18-30(43)32(45)34(47)37(49-18)51-35-21(17-41)16-28(31(44)33(35)46)50-25-12-4-20(5-13-25)29-26(14-15-27(42)19-2-6-22(38)7-3-19)36(48)40(29)24-10-8-23(39)9-11-24/h2-13,18,21,26-35,37,41-47H,14-17H2,1H3/t18-,21-,26-,27+,28-,29-,30-,31+,32+,33-,34-,35-,37+/m1/s1. The number of nitrogens with zero attached hydrogens (tertiary/aromatic N) is 1. The Kier molecular flexibility index (Phi) is 11.4. The normalized spacial score (nSPS) is 34.5. The summed E-state index contributed by atoms with van der Waals surface area (Å²) in [5.41, 5.74) is 1.76. The van der Waals surface area contributed by atoms with Crippen LogP contribution in [0.1, 0.15) is 49.5 Å². The quantitative estimate of drug-likeness (QED) is 0.144. The third-order valence-corrected chi connectivity index (χ3v) is 10.2. The van der Waals surface area contributed by atoms with Gasteiger partial charge in [-0.15, -0.1) is 0 Å². The molecule has 13 atom stereocenters. The van der Waals surface area contributed by atoms with Crippen molar-refractivity contribution < 1.29 is 63.5 Å². The molecule has 2 saturated heterocycles.